The first kappa shape index (κ1) is 24.9. The average molecular weight is 503 g/mol. The van der Waals surface area contributed by atoms with Crippen LogP contribution in [0.1, 0.15) is 54.9 Å². The van der Waals surface area contributed by atoms with Crippen LogP contribution >= 0.6 is 23.2 Å². The topological polar surface area (TPSA) is 49.9 Å². The Hall–Kier alpha value is -2.24. The van der Waals surface area contributed by atoms with Gasteiger partial charge in [0.25, 0.3) is 5.91 Å². The summed E-state index contributed by atoms with van der Waals surface area (Å²) in [6.45, 7) is 4.81. The third-order valence-electron chi connectivity index (χ3n) is 7.18. The third kappa shape index (κ3) is 5.52. The van der Waals surface area contributed by atoms with E-state index in [0.29, 0.717) is 61.2 Å². The van der Waals surface area contributed by atoms with E-state index in [0.717, 1.165) is 31.4 Å². The number of rotatable bonds is 2. The number of carbonyl (C=O) groups is 2. The molecule has 0 radical (unpaired) electrons. The van der Waals surface area contributed by atoms with E-state index in [1.807, 2.05) is 28.9 Å². The zero-order valence-corrected chi connectivity index (χ0v) is 21.2. The number of carbonyl (C=O) groups excluding carboxylic acids is 2. The molecule has 5 nitrogen and oxygen atoms in total. The molecule has 2 aromatic rings. The van der Waals surface area contributed by atoms with Crippen LogP contribution in [0.15, 0.2) is 42.5 Å². The number of piperidine rings is 1. The number of ether oxygens (including phenoxy) is 1. The van der Waals surface area contributed by atoms with Crippen LogP contribution in [0.3, 0.4) is 0 Å². The number of nitrogens with zero attached hydrogens (tertiary/aromatic N) is 2. The van der Waals surface area contributed by atoms with Gasteiger partial charge in [0, 0.05) is 35.2 Å². The molecule has 2 aliphatic heterocycles. The summed E-state index contributed by atoms with van der Waals surface area (Å²) in [5.41, 5.74) is 1.29. The summed E-state index contributed by atoms with van der Waals surface area (Å²) in [7, 11) is 0. The van der Waals surface area contributed by atoms with Crippen molar-refractivity contribution in [2.45, 2.75) is 45.4 Å². The first-order valence-corrected chi connectivity index (χ1v) is 12.9. The Morgan fingerprint density at radius 2 is 1.71 bits per heavy atom. The molecule has 182 valence electrons. The molecule has 0 unspecified atom stereocenters. The largest absolute Gasteiger partial charge is 0.491 e. The highest BCUT2D eigenvalue weighted by atomic mass is 35.5. The molecule has 1 saturated heterocycles. The fourth-order valence-corrected chi connectivity index (χ4v) is 5.73. The number of likely N-dealkylation sites (tertiary alicyclic amines) is 1. The van der Waals surface area contributed by atoms with Gasteiger partial charge < -0.3 is 14.5 Å². The minimum absolute atomic E-state index is 0.0859. The molecule has 2 aromatic carbocycles. The van der Waals surface area contributed by atoms with E-state index in [2.05, 4.69) is 12.1 Å². The van der Waals surface area contributed by atoms with Crippen LogP contribution in [-0.2, 0) is 11.2 Å². The highest BCUT2D eigenvalue weighted by Crippen LogP contribution is 2.40. The van der Waals surface area contributed by atoms with Crippen LogP contribution in [0.2, 0.25) is 10.0 Å². The highest BCUT2D eigenvalue weighted by Gasteiger charge is 2.43. The molecular formula is C27H32Cl2N2O3. The summed E-state index contributed by atoms with van der Waals surface area (Å²) in [5, 5.41) is 0.891. The maximum atomic E-state index is 13.8. The molecule has 7 heteroatoms. The van der Waals surface area contributed by atoms with Gasteiger partial charge in [0.2, 0.25) is 5.91 Å². The number of hydrogen-bond acceptors (Lipinski definition) is 3. The van der Waals surface area contributed by atoms with E-state index in [1.165, 1.54) is 5.56 Å². The van der Waals surface area contributed by atoms with E-state index < -0.39 is 5.41 Å². The number of halogens is 2. The SMILES string of the molecule is CCN1CCOc2ccccc2CCCCC2(CCN(C(=O)c3cc(Cl)cc(Cl)c3)CC2)C1=O. The molecule has 2 heterocycles. The van der Waals surface area contributed by atoms with Gasteiger partial charge in [-0.25, -0.2) is 0 Å². The molecule has 1 fully saturated rings. The molecule has 0 aliphatic carbocycles. The third-order valence-corrected chi connectivity index (χ3v) is 7.62. The zero-order valence-electron chi connectivity index (χ0n) is 19.7. The van der Waals surface area contributed by atoms with Gasteiger partial charge in [-0.05, 0) is 68.9 Å². The standard InChI is InChI=1S/C27H32Cl2N2O3/c1-2-30-15-16-34-24-9-4-3-7-20(24)8-5-6-10-27(26(30)33)11-13-31(14-12-27)25(32)21-17-22(28)19-23(29)18-21/h3-4,7,9,17-19H,2,5-6,8,10-16H2,1H3. The van der Waals surface area contributed by atoms with E-state index in [1.54, 1.807) is 18.2 Å². The summed E-state index contributed by atoms with van der Waals surface area (Å²) < 4.78 is 6.06. The van der Waals surface area contributed by atoms with Crippen molar-refractivity contribution in [3.63, 3.8) is 0 Å². The van der Waals surface area contributed by atoms with Gasteiger partial charge in [0.1, 0.15) is 12.4 Å². The van der Waals surface area contributed by atoms with Crippen LogP contribution in [-0.4, -0.2) is 54.4 Å². The van der Waals surface area contributed by atoms with Gasteiger partial charge in [0.15, 0.2) is 0 Å². The summed E-state index contributed by atoms with van der Waals surface area (Å²) >= 11 is 12.2. The molecule has 2 aliphatic rings. The molecule has 2 amide bonds. The van der Waals surface area contributed by atoms with E-state index in [4.69, 9.17) is 27.9 Å². The monoisotopic (exact) mass is 502 g/mol. The Balaban J connectivity index is 1.49. The Morgan fingerprint density at radius 3 is 2.41 bits per heavy atom. The number of aryl methyl sites for hydroxylation is 1. The number of benzene rings is 2. The Labute approximate surface area is 212 Å². The molecular weight excluding hydrogens is 471 g/mol. The zero-order chi connectivity index (χ0) is 24.1. The van der Waals surface area contributed by atoms with Crippen molar-refractivity contribution < 1.29 is 14.3 Å². The Morgan fingerprint density at radius 1 is 1.00 bits per heavy atom. The predicted molar refractivity (Wildman–Crippen MR) is 136 cm³/mol. The molecule has 4 rings (SSSR count). The van der Waals surface area contributed by atoms with Crippen LogP contribution in [0, 0.1) is 5.41 Å². The molecule has 1 spiro atoms. The fourth-order valence-electron chi connectivity index (χ4n) is 5.20. The number of likely N-dealkylation sites (N-methyl/N-ethyl adjacent to an activating group) is 1. The number of fused-ring (bicyclic) bond motifs is 1. The summed E-state index contributed by atoms with van der Waals surface area (Å²) in [5.74, 6) is 1.04. The van der Waals surface area contributed by atoms with Crippen molar-refractivity contribution in [1.82, 2.24) is 9.80 Å². The number of hydrogen-bond donors (Lipinski definition) is 0. The minimum atomic E-state index is -0.433. The van der Waals surface area contributed by atoms with Crippen LogP contribution in [0.4, 0.5) is 0 Å². The lowest BCUT2D eigenvalue weighted by molar-refractivity contribution is -0.145. The Kier molecular flexibility index (Phi) is 8.05. The van der Waals surface area contributed by atoms with Crippen LogP contribution in [0.25, 0.3) is 0 Å². The molecule has 0 saturated carbocycles. The number of amides is 2. The summed E-state index contributed by atoms with van der Waals surface area (Å²) in [4.78, 5) is 30.6. The first-order chi connectivity index (χ1) is 16.4. The first-order valence-electron chi connectivity index (χ1n) is 12.2. The lowest BCUT2D eigenvalue weighted by Gasteiger charge is -2.43. The quantitative estimate of drug-likeness (QED) is 0.515. The van der Waals surface area contributed by atoms with E-state index in [9.17, 15) is 9.59 Å². The van der Waals surface area contributed by atoms with E-state index in [-0.39, 0.29) is 11.8 Å². The minimum Gasteiger partial charge on any atom is -0.491 e. The smallest absolute Gasteiger partial charge is 0.253 e. The van der Waals surface area contributed by atoms with Crippen LogP contribution < -0.4 is 4.74 Å². The van der Waals surface area contributed by atoms with Gasteiger partial charge in [-0.15, -0.1) is 0 Å². The lowest BCUT2D eigenvalue weighted by atomic mass is 9.73. The van der Waals surface area contributed by atoms with Crippen molar-refractivity contribution in [3.8, 4) is 5.75 Å². The second kappa shape index (κ2) is 11.0. The lowest BCUT2D eigenvalue weighted by Crippen LogP contribution is -2.52. The van der Waals surface area contributed by atoms with E-state index >= 15 is 0 Å². The van der Waals surface area contributed by atoms with Crippen molar-refractivity contribution in [1.29, 1.82) is 0 Å². The van der Waals surface area contributed by atoms with Gasteiger partial charge in [0.05, 0.1) is 12.0 Å². The fraction of sp³-hybridized carbons (Fsp3) is 0.481. The molecule has 34 heavy (non-hydrogen) atoms. The van der Waals surface area contributed by atoms with Crippen molar-refractivity contribution in [2.75, 3.05) is 32.8 Å². The molecule has 0 atom stereocenters. The molecule has 0 N–H and O–H groups in total. The predicted octanol–water partition coefficient (Wildman–Crippen LogP) is 5.87. The average Bonchev–Trinajstić information content (AvgIpc) is 2.83. The number of para-hydroxylation sites is 1. The van der Waals surface area contributed by atoms with Gasteiger partial charge in [-0.3, -0.25) is 9.59 Å². The second-order valence-electron chi connectivity index (χ2n) is 9.28. The van der Waals surface area contributed by atoms with Gasteiger partial charge in [-0.2, -0.15) is 0 Å². The second-order valence-corrected chi connectivity index (χ2v) is 10.2. The normalized spacial score (nSPS) is 19.1. The van der Waals surface area contributed by atoms with Gasteiger partial charge >= 0.3 is 0 Å². The van der Waals surface area contributed by atoms with Crippen molar-refractivity contribution >= 4 is 35.0 Å². The van der Waals surface area contributed by atoms with Crippen LogP contribution in [0.5, 0.6) is 5.75 Å². The summed E-state index contributed by atoms with van der Waals surface area (Å²) in [6.07, 6.45) is 5.09. The molecule has 0 aromatic heterocycles. The Bertz CT molecular complexity index is 1010. The van der Waals surface area contributed by atoms with Crippen molar-refractivity contribution in [3.05, 3.63) is 63.6 Å². The van der Waals surface area contributed by atoms with Crippen molar-refractivity contribution in [2.24, 2.45) is 5.41 Å². The maximum Gasteiger partial charge on any atom is 0.253 e. The molecule has 0 bridgehead atoms. The highest BCUT2D eigenvalue weighted by molar-refractivity contribution is 6.35. The maximum absolute atomic E-state index is 13.8. The van der Waals surface area contributed by atoms with Gasteiger partial charge in [-0.1, -0.05) is 47.8 Å². The summed E-state index contributed by atoms with van der Waals surface area (Å²) in [6, 6.07) is 13.1.